The molecule has 0 atom stereocenters. The van der Waals surface area contributed by atoms with E-state index < -0.39 is 24.9 Å². The van der Waals surface area contributed by atoms with Crippen LogP contribution in [0.5, 0.6) is 0 Å². The maximum absolute atomic E-state index is 11.5. The summed E-state index contributed by atoms with van der Waals surface area (Å²) in [6.07, 6.45) is 6.54. The monoisotopic (exact) mass is 588 g/mol. The van der Waals surface area contributed by atoms with Crippen molar-refractivity contribution in [3.63, 3.8) is 0 Å². The smallest absolute Gasteiger partial charge is 0.315 e. The molecule has 0 aliphatic carbocycles. The van der Waals surface area contributed by atoms with Gasteiger partial charge in [-0.05, 0) is 82.8 Å². The summed E-state index contributed by atoms with van der Waals surface area (Å²) >= 11 is 6.56. The summed E-state index contributed by atoms with van der Waals surface area (Å²) in [4.78, 5) is 30.3. The van der Waals surface area contributed by atoms with E-state index in [0.29, 0.717) is 5.56 Å². The zero-order valence-electron chi connectivity index (χ0n) is 20.3. The lowest BCUT2D eigenvalue weighted by atomic mass is 9.86. The summed E-state index contributed by atoms with van der Waals surface area (Å²) in [5, 5.41) is 8.94. The van der Waals surface area contributed by atoms with Gasteiger partial charge in [0.1, 0.15) is 0 Å². The number of methoxy groups -OCH3 is 1. The molecule has 178 valence electrons. The van der Waals surface area contributed by atoms with Crippen LogP contribution < -0.4 is 0 Å². The third-order valence-electron chi connectivity index (χ3n) is 4.08. The molecule has 0 aliphatic heterocycles. The SMILES string of the molecule is CC(C)(C(=O)O)c1cncc(Br)c1.COC(=O)C(C)(C)c1cncc(Br)c1.C[Si](C)(C)C. The van der Waals surface area contributed by atoms with Gasteiger partial charge in [0.15, 0.2) is 0 Å². The van der Waals surface area contributed by atoms with Crippen LogP contribution in [0.2, 0.25) is 26.2 Å². The highest BCUT2D eigenvalue weighted by atomic mass is 79.9. The van der Waals surface area contributed by atoms with Crippen LogP contribution in [0, 0.1) is 0 Å². The van der Waals surface area contributed by atoms with Crippen LogP contribution >= 0.6 is 31.9 Å². The summed E-state index contributed by atoms with van der Waals surface area (Å²) in [7, 11) is 0.773. The summed E-state index contributed by atoms with van der Waals surface area (Å²) in [5.74, 6) is -1.12. The van der Waals surface area contributed by atoms with E-state index in [1.165, 1.54) is 7.11 Å². The van der Waals surface area contributed by atoms with E-state index in [1.54, 1.807) is 44.7 Å². The lowest BCUT2D eigenvalue weighted by molar-refractivity contribution is -0.146. The van der Waals surface area contributed by atoms with Gasteiger partial charge in [-0.25, -0.2) is 0 Å². The van der Waals surface area contributed by atoms with Crippen LogP contribution in [0.15, 0.2) is 45.9 Å². The Kier molecular flexibility index (Phi) is 12.0. The molecule has 0 fully saturated rings. The number of pyridine rings is 2. The Hall–Kier alpha value is -1.58. The van der Waals surface area contributed by atoms with E-state index in [9.17, 15) is 9.59 Å². The zero-order valence-corrected chi connectivity index (χ0v) is 24.5. The summed E-state index contributed by atoms with van der Waals surface area (Å²) in [6, 6.07) is 3.63. The number of carboxylic acids is 1. The van der Waals surface area contributed by atoms with Crippen LogP contribution in [0.3, 0.4) is 0 Å². The number of carboxylic acid groups (broad SMARTS) is 1. The molecule has 2 aromatic heterocycles. The molecule has 2 aromatic rings. The van der Waals surface area contributed by atoms with Crippen molar-refractivity contribution in [1.29, 1.82) is 0 Å². The Labute approximate surface area is 209 Å². The van der Waals surface area contributed by atoms with E-state index in [1.807, 2.05) is 19.9 Å². The van der Waals surface area contributed by atoms with Crippen molar-refractivity contribution >= 4 is 51.9 Å². The Bertz CT molecular complexity index is 907. The number of aromatic nitrogens is 2. The molecule has 6 nitrogen and oxygen atoms in total. The van der Waals surface area contributed by atoms with Crippen LogP contribution in [-0.4, -0.2) is 42.2 Å². The van der Waals surface area contributed by atoms with Crippen molar-refractivity contribution < 1.29 is 19.4 Å². The first-order valence-corrected chi connectivity index (χ1v) is 15.6. The highest BCUT2D eigenvalue weighted by Crippen LogP contribution is 2.26. The summed E-state index contributed by atoms with van der Waals surface area (Å²) < 4.78 is 6.37. The van der Waals surface area contributed by atoms with Crippen LogP contribution in [0.4, 0.5) is 0 Å². The number of ether oxygens (including phenoxy) is 1. The topological polar surface area (TPSA) is 89.4 Å². The first kappa shape index (κ1) is 30.4. The molecule has 0 aliphatic rings. The number of halogens is 2. The highest BCUT2D eigenvalue weighted by Gasteiger charge is 2.31. The fourth-order valence-electron chi connectivity index (χ4n) is 2.00. The minimum Gasteiger partial charge on any atom is -0.481 e. The summed E-state index contributed by atoms with van der Waals surface area (Å²) in [6.45, 7) is 16.2. The van der Waals surface area contributed by atoms with Crippen molar-refractivity contribution in [3.05, 3.63) is 57.0 Å². The minimum absolute atomic E-state index is 0.266. The fourth-order valence-corrected chi connectivity index (χ4v) is 2.73. The molecule has 2 rings (SSSR count). The highest BCUT2D eigenvalue weighted by molar-refractivity contribution is 9.10. The average Bonchev–Trinajstić information content (AvgIpc) is 2.66. The third kappa shape index (κ3) is 10.8. The molecule has 2 heterocycles. The number of esters is 1. The molecule has 0 saturated heterocycles. The van der Waals surface area contributed by atoms with Gasteiger partial charge in [-0.15, -0.1) is 0 Å². The molecule has 1 N–H and O–H groups in total. The second kappa shape index (κ2) is 12.6. The Balaban J connectivity index is 0.000000499. The molecule has 0 amide bonds. The van der Waals surface area contributed by atoms with Crippen LogP contribution in [0.25, 0.3) is 0 Å². The fraction of sp³-hybridized carbons (Fsp3) is 0.478. The summed E-state index contributed by atoms with van der Waals surface area (Å²) in [5.41, 5.74) is -0.0319. The maximum Gasteiger partial charge on any atom is 0.315 e. The van der Waals surface area contributed by atoms with Gasteiger partial charge < -0.3 is 9.84 Å². The van der Waals surface area contributed by atoms with E-state index >= 15 is 0 Å². The van der Waals surface area contributed by atoms with Gasteiger partial charge in [-0.2, -0.15) is 0 Å². The van der Waals surface area contributed by atoms with Gasteiger partial charge >= 0.3 is 11.9 Å². The molecular formula is C23H34Br2N2O4Si. The molecule has 0 aromatic carbocycles. The van der Waals surface area contributed by atoms with Crippen molar-refractivity contribution in [2.24, 2.45) is 0 Å². The largest absolute Gasteiger partial charge is 0.481 e. The quantitative estimate of drug-likeness (QED) is 0.325. The third-order valence-corrected chi connectivity index (χ3v) is 4.95. The van der Waals surface area contributed by atoms with Gasteiger partial charge in [0.05, 0.1) is 17.9 Å². The number of aliphatic carboxylic acids is 1. The van der Waals surface area contributed by atoms with Gasteiger partial charge in [-0.1, -0.05) is 26.2 Å². The van der Waals surface area contributed by atoms with Crippen molar-refractivity contribution in [1.82, 2.24) is 9.97 Å². The number of hydrogen-bond acceptors (Lipinski definition) is 5. The molecule has 0 bridgehead atoms. The number of carbonyl (C=O) groups excluding carboxylic acids is 1. The second-order valence-corrected chi connectivity index (χ2v) is 17.7. The lowest BCUT2D eigenvalue weighted by Crippen LogP contribution is -2.30. The standard InChI is InChI=1S/C10H12BrNO2.C9H10BrNO2.C4H12Si/c1-10(2,9(13)14-3)7-4-8(11)6-12-5-7;1-9(2,8(12)13)6-3-7(10)5-11-4-6;1-5(2,3)4/h4-6H,1-3H3;3-5H,1-2H3,(H,12,13);1-4H3. The molecule has 0 radical (unpaired) electrons. The molecule has 9 heteroatoms. The van der Waals surface area contributed by atoms with Gasteiger partial charge in [0.2, 0.25) is 0 Å². The number of carbonyl (C=O) groups is 2. The Morgan fingerprint density at radius 3 is 1.47 bits per heavy atom. The van der Waals surface area contributed by atoms with E-state index in [0.717, 1.165) is 14.5 Å². The zero-order chi connectivity index (χ0) is 25.3. The molecule has 0 saturated carbocycles. The van der Waals surface area contributed by atoms with E-state index in [2.05, 4.69) is 68.0 Å². The predicted octanol–water partition coefficient (Wildman–Crippen LogP) is 6.46. The normalized spacial score (nSPS) is 11.3. The lowest BCUT2D eigenvalue weighted by Gasteiger charge is -2.21. The van der Waals surface area contributed by atoms with Crippen molar-refractivity contribution in [2.75, 3.05) is 7.11 Å². The van der Waals surface area contributed by atoms with Crippen LogP contribution in [0.1, 0.15) is 38.8 Å². The van der Waals surface area contributed by atoms with Gasteiger partial charge in [-0.3, -0.25) is 19.6 Å². The van der Waals surface area contributed by atoms with E-state index in [4.69, 9.17) is 9.84 Å². The van der Waals surface area contributed by atoms with Crippen molar-refractivity contribution in [2.45, 2.75) is 64.7 Å². The molecule has 32 heavy (non-hydrogen) atoms. The number of rotatable bonds is 4. The van der Waals surface area contributed by atoms with Crippen molar-refractivity contribution in [3.8, 4) is 0 Å². The second-order valence-electron chi connectivity index (χ2n) is 9.83. The van der Waals surface area contributed by atoms with Crippen LogP contribution in [-0.2, 0) is 25.2 Å². The maximum atomic E-state index is 11.5. The number of nitrogens with zero attached hydrogens (tertiary/aromatic N) is 2. The predicted molar refractivity (Wildman–Crippen MR) is 139 cm³/mol. The molecule has 0 unspecified atom stereocenters. The van der Waals surface area contributed by atoms with Gasteiger partial charge in [0, 0.05) is 41.8 Å². The van der Waals surface area contributed by atoms with Gasteiger partial charge in [0.25, 0.3) is 0 Å². The first-order chi connectivity index (χ1) is 14.4. The molecule has 0 spiro atoms. The number of hydrogen-bond donors (Lipinski definition) is 1. The molecular weight excluding hydrogens is 556 g/mol. The minimum atomic E-state index is -0.892. The average molecular weight is 590 g/mol. The van der Waals surface area contributed by atoms with E-state index in [-0.39, 0.29) is 5.97 Å². The Morgan fingerprint density at radius 1 is 0.844 bits per heavy atom. The Morgan fingerprint density at radius 2 is 1.19 bits per heavy atom. The first-order valence-electron chi connectivity index (χ1n) is 9.96.